The van der Waals surface area contributed by atoms with Crippen molar-refractivity contribution in [2.45, 2.75) is 12.8 Å². The molecular formula is C17H32N4O6S. The summed E-state index contributed by atoms with van der Waals surface area (Å²) in [7, 11) is 1.79. The van der Waals surface area contributed by atoms with E-state index in [1.807, 2.05) is 6.26 Å². The van der Waals surface area contributed by atoms with Crippen LogP contribution in [0.15, 0.2) is 0 Å². The lowest BCUT2D eigenvalue weighted by Crippen LogP contribution is -2.45. The zero-order valence-electron chi connectivity index (χ0n) is 16.6. The van der Waals surface area contributed by atoms with Gasteiger partial charge in [0, 0.05) is 31.8 Å². The molecule has 0 radical (unpaired) electrons. The van der Waals surface area contributed by atoms with Gasteiger partial charge in [0.05, 0.1) is 26.2 Å². The fourth-order valence-electron chi connectivity index (χ4n) is 2.44. The molecule has 162 valence electrons. The minimum Gasteiger partial charge on any atom is -0.480 e. The molecule has 0 rings (SSSR count). The summed E-state index contributed by atoms with van der Waals surface area (Å²) in [6.07, 6.45) is 2.92. The number of aliphatic carboxylic acids is 2. The average molecular weight is 421 g/mol. The Morgan fingerprint density at radius 2 is 1.46 bits per heavy atom. The van der Waals surface area contributed by atoms with Crippen LogP contribution >= 0.6 is 11.8 Å². The van der Waals surface area contributed by atoms with Gasteiger partial charge in [0.15, 0.2) is 0 Å². The van der Waals surface area contributed by atoms with Crippen LogP contribution in [0.5, 0.6) is 0 Å². The number of nitrogens with one attached hydrogen (secondary N) is 2. The molecule has 0 atom stereocenters. The highest BCUT2D eigenvalue weighted by molar-refractivity contribution is 7.98. The average Bonchev–Trinajstić information content (AvgIpc) is 2.59. The van der Waals surface area contributed by atoms with Gasteiger partial charge in [0.1, 0.15) is 5.78 Å². The zero-order chi connectivity index (χ0) is 21.4. The van der Waals surface area contributed by atoms with Crippen molar-refractivity contribution in [1.29, 1.82) is 0 Å². The summed E-state index contributed by atoms with van der Waals surface area (Å²) in [4.78, 5) is 49.0. The van der Waals surface area contributed by atoms with Crippen LogP contribution in [0.1, 0.15) is 12.8 Å². The summed E-state index contributed by atoms with van der Waals surface area (Å²) in [5.74, 6) is -1.75. The van der Waals surface area contributed by atoms with Gasteiger partial charge in [-0.15, -0.1) is 0 Å². The number of nitrogens with zero attached hydrogens (tertiary/aromatic N) is 2. The smallest absolute Gasteiger partial charge is 0.317 e. The third-order valence-corrected chi connectivity index (χ3v) is 4.34. The van der Waals surface area contributed by atoms with Crippen LogP contribution in [0.2, 0.25) is 0 Å². The molecule has 0 fully saturated rings. The molecule has 0 aromatic carbocycles. The van der Waals surface area contributed by atoms with E-state index in [0.29, 0.717) is 25.9 Å². The lowest BCUT2D eigenvalue weighted by Gasteiger charge is -2.25. The SMILES string of the molecule is CNCCCC(=O)CN(CCN(CC(=O)O)CC(=O)NCCSC)CC(=O)O. The minimum atomic E-state index is -1.08. The van der Waals surface area contributed by atoms with Crippen LogP contribution in [0, 0.1) is 0 Å². The molecule has 0 aromatic heterocycles. The van der Waals surface area contributed by atoms with Gasteiger partial charge in [-0.2, -0.15) is 11.8 Å². The first kappa shape index (κ1) is 26.3. The first-order valence-corrected chi connectivity index (χ1v) is 10.5. The normalized spacial score (nSPS) is 11.0. The Labute approximate surface area is 170 Å². The fourth-order valence-corrected chi connectivity index (χ4v) is 2.74. The second-order valence-electron chi connectivity index (χ2n) is 6.30. The van der Waals surface area contributed by atoms with Crippen molar-refractivity contribution in [3.8, 4) is 0 Å². The number of rotatable bonds is 18. The van der Waals surface area contributed by atoms with E-state index in [4.69, 9.17) is 10.2 Å². The summed E-state index contributed by atoms with van der Waals surface area (Å²) < 4.78 is 0. The predicted octanol–water partition coefficient (Wildman–Crippen LogP) is -1.19. The first-order valence-electron chi connectivity index (χ1n) is 9.08. The minimum absolute atomic E-state index is 0.0170. The van der Waals surface area contributed by atoms with Crippen LogP contribution in [0.3, 0.4) is 0 Å². The molecule has 4 N–H and O–H groups in total. The monoisotopic (exact) mass is 420 g/mol. The molecule has 1 amide bonds. The van der Waals surface area contributed by atoms with Crippen molar-refractivity contribution in [3.05, 3.63) is 0 Å². The van der Waals surface area contributed by atoms with Gasteiger partial charge in [-0.25, -0.2) is 0 Å². The van der Waals surface area contributed by atoms with Crippen molar-refractivity contribution in [3.63, 3.8) is 0 Å². The summed E-state index contributed by atoms with van der Waals surface area (Å²) in [6.45, 7) is 0.755. The number of carboxylic acid groups (broad SMARTS) is 2. The van der Waals surface area contributed by atoms with Gasteiger partial charge in [-0.3, -0.25) is 29.0 Å². The first-order chi connectivity index (χ1) is 13.3. The fraction of sp³-hybridized carbons (Fsp3) is 0.765. The van der Waals surface area contributed by atoms with Gasteiger partial charge < -0.3 is 20.8 Å². The molecule has 0 aromatic rings. The molecule has 0 aliphatic carbocycles. The molecule has 10 nitrogen and oxygen atoms in total. The lowest BCUT2D eigenvalue weighted by molar-refractivity contribution is -0.141. The number of ketones is 1. The molecule has 0 heterocycles. The molecular weight excluding hydrogens is 388 g/mol. The van der Waals surface area contributed by atoms with E-state index in [1.165, 1.54) is 9.80 Å². The Hall–Kier alpha value is -1.69. The van der Waals surface area contributed by atoms with E-state index in [1.54, 1.807) is 18.8 Å². The van der Waals surface area contributed by atoms with Crippen molar-refractivity contribution in [2.24, 2.45) is 0 Å². The molecule has 0 saturated carbocycles. The molecule has 0 bridgehead atoms. The maximum absolute atomic E-state index is 12.0. The Morgan fingerprint density at radius 1 is 0.893 bits per heavy atom. The maximum atomic E-state index is 12.0. The third kappa shape index (κ3) is 15.4. The molecule has 0 aliphatic rings. The van der Waals surface area contributed by atoms with Gasteiger partial charge >= 0.3 is 11.9 Å². The Kier molecular flexibility index (Phi) is 15.3. The molecule has 28 heavy (non-hydrogen) atoms. The van der Waals surface area contributed by atoms with E-state index >= 15 is 0 Å². The molecule has 0 aliphatic heterocycles. The summed E-state index contributed by atoms with van der Waals surface area (Å²) in [5, 5.41) is 23.7. The highest BCUT2D eigenvalue weighted by Gasteiger charge is 2.18. The predicted molar refractivity (Wildman–Crippen MR) is 108 cm³/mol. The van der Waals surface area contributed by atoms with Crippen LogP contribution in [0.25, 0.3) is 0 Å². The van der Waals surface area contributed by atoms with E-state index in [9.17, 15) is 19.2 Å². The number of carboxylic acids is 2. The van der Waals surface area contributed by atoms with Crippen molar-refractivity contribution >= 4 is 35.4 Å². The van der Waals surface area contributed by atoms with Crippen LogP contribution in [-0.4, -0.2) is 115 Å². The Balaban J connectivity index is 4.67. The third-order valence-electron chi connectivity index (χ3n) is 3.73. The van der Waals surface area contributed by atoms with Crippen molar-refractivity contribution in [1.82, 2.24) is 20.4 Å². The summed E-state index contributed by atoms with van der Waals surface area (Å²) in [5.41, 5.74) is 0. The van der Waals surface area contributed by atoms with E-state index in [-0.39, 0.29) is 51.0 Å². The van der Waals surface area contributed by atoms with Crippen molar-refractivity contribution < 1.29 is 29.4 Å². The maximum Gasteiger partial charge on any atom is 0.317 e. The van der Waals surface area contributed by atoms with Gasteiger partial charge in [-0.05, 0) is 26.3 Å². The molecule has 0 saturated heterocycles. The quantitative estimate of drug-likeness (QED) is 0.200. The number of amides is 1. The Bertz CT molecular complexity index is 462. The number of Topliss-reactive ketones (excluding diaryl/α,β-unsaturated/α-hetero) is 1. The second-order valence-corrected chi connectivity index (χ2v) is 7.28. The molecule has 0 unspecified atom stereocenters. The van der Waals surface area contributed by atoms with Gasteiger partial charge in [0.25, 0.3) is 0 Å². The zero-order valence-corrected chi connectivity index (χ0v) is 17.4. The number of hydrogen-bond acceptors (Lipinski definition) is 8. The van der Waals surface area contributed by atoms with Crippen molar-refractivity contribution in [2.75, 3.05) is 71.4 Å². The summed E-state index contributed by atoms with van der Waals surface area (Å²) in [6, 6.07) is 0. The van der Waals surface area contributed by atoms with E-state index in [2.05, 4.69) is 10.6 Å². The number of hydrogen-bond donors (Lipinski definition) is 4. The van der Waals surface area contributed by atoms with E-state index in [0.717, 1.165) is 5.75 Å². The second kappa shape index (κ2) is 16.3. The molecule has 0 spiro atoms. The number of thioether (sulfide) groups is 1. The van der Waals surface area contributed by atoms with Gasteiger partial charge in [-0.1, -0.05) is 0 Å². The van der Waals surface area contributed by atoms with Crippen LogP contribution in [0.4, 0.5) is 0 Å². The highest BCUT2D eigenvalue weighted by atomic mass is 32.2. The largest absolute Gasteiger partial charge is 0.480 e. The Morgan fingerprint density at radius 3 is 1.96 bits per heavy atom. The highest BCUT2D eigenvalue weighted by Crippen LogP contribution is 1.98. The lowest BCUT2D eigenvalue weighted by atomic mass is 10.2. The van der Waals surface area contributed by atoms with Gasteiger partial charge in [0.2, 0.25) is 5.91 Å². The number of carbonyl (C=O) groups is 4. The summed E-state index contributed by atoms with van der Waals surface area (Å²) >= 11 is 1.58. The van der Waals surface area contributed by atoms with Crippen LogP contribution < -0.4 is 10.6 Å². The van der Waals surface area contributed by atoms with Crippen LogP contribution in [-0.2, 0) is 19.2 Å². The standard InChI is InChI=1S/C17H32N4O6S/c1-18-5-3-4-14(22)10-20(12-16(24)25)7-8-21(13-17(26)27)11-15(23)19-6-9-28-2/h18H,3-13H2,1-2H3,(H,19,23)(H,24,25)(H,26,27). The topological polar surface area (TPSA) is 139 Å². The number of carbonyl (C=O) groups excluding carboxylic acids is 2. The van der Waals surface area contributed by atoms with E-state index < -0.39 is 11.9 Å². The molecule has 11 heteroatoms.